The van der Waals surface area contributed by atoms with E-state index in [4.69, 9.17) is 5.73 Å². The monoisotopic (exact) mass is 210 g/mol. The van der Waals surface area contributed by atoms with Gasteiger partial charge in [-0.15, -0.1) is 0 Å². The van der Waals surface area contributed by atoms with E-state index in [-0.39, 0.29) is 0 Å². The lowest BCUT2D eigenvalue weighted by Crippen LogP contribution is -2.40. The summed E-state index contributed by atoms with van der Waals surface area (Å²) in [6.45, 7) is 5.64. The van der Waals surface area contributed by atoms with Crippen LogP contribution in [0.5, 0.6) is 0 Å². The maximum absolute atomic E-state index is 5.85. The summed E-state index contributed by atoms with van der Waals surface area (Å²) in [6.07, 6.45) is 9.66. The van der Waals surface area contributed by atoms with Gasteiger partial charge < -0.3 is 11.1 Å². The Kier molecular flexibility index (Phi) is 3.36. The third-order valence-corrected chi connectivity index (χ3v) is 4.89. The minimum atomic E-state index is 0.524. The summed E-state index contributed by atoms with van der Waals surface area (Å²) in [5.41, 5.74) is 7.06. The van der Waals surface area contributed by atoms with Crippen LogP contribution in [0.3, 0.4) is 0 Å². The smallest absolute Gasteiger partial charge is 0.000771 e. The molecule has 15 heavy (non-hydrogen) atoms. The Morgan fingerprint density at radius 2 is 1.87 bits per heavy atom. The van der Waals surface area contributed by atoms with Crippen molar-refractivity contribution in [2.45, 2.75) is 51.9 Å². The van der Waals surface area contributed by atoms with Gasteiger partial charge in [0, 0.05) is 6.54 Å². The molecule has 0 saturated heterocycles. The van der Waals surface area contributed by atoms with Crippen LogP contribution in [0.25, 0.3) is 0 Å². The molecule has 0 aromatic heterocycles. The van der Waals surface area contributed by atoms with E-state index in [1.807, 2.05) is 0 Å². The average Bonchev–Trinajstić information content (AvgIpc) is 2.97. The van der Waals surface area contributed by atoms with Crippen LogP contribution in [0.4, 0.5) is 0 Å². The van der Waals surface area contributed by atoms with E-state index in [9.17, 15) is 0 Å². The number of hydrogen-bond acceptors (Lipinski definition) is 2. The van der Waals surface area contributed by atoms with E-state index in [0.717, 1.165) is 6.54 Å². The van der Waals surface area contributed by atoms with E-state index >= 15 is 0 Å². The summed E-state index contributed by atoms with van der Waals surface area (Å²) in [4.78, 5) is 0. The van der Waals surface area contributed by atoms with Gasteiger partial charge in [-0.3, -0.25) is 0 Å². The zero-order valence-electron chi connectivity index (χ0n) is 10.1. The first kappa shape index (κ1) is 11.4. The first-order valence-electron chi connectivity index (χ1n) is 6.65. The van der Waals surface area contributed by atoms with Gasteiger partial charge in [0.05, 0.1) is 0 Å². The second-order valence-electron chi connectivity index (χ2n) is 5.84. The molecule has 0 bridgehead atoms. The molecule has 0 aliphatic heterocycles. The van der Waals surface area contributed by atoms with E-state index < -0.39 is 0 Å². The number of nitrogens with two attached hydrogens (primary N) is 1. The Balaban J connectivity index is 1.58. The molecule has 0 amide bonds. The van der Waals surface area contributed by atoms with Gasteiger partial charge in [0.2, 0.25) is 0 Å². The molecule has 0 aromatic rings. The molecule has 0 unspecified atom stereocenters. The van der Waals surface area contributed by atoms with Crippen molar-refractivity contribution >= 4 is 0 Å². The molecule has 0 spiro atoms. The fraction of sp³-hybridized carbons (Fsp3) is 1.00. The van der Waals surface area contributed by atoms with Crippen LogP contribution in [0.2, 0.25) is 0 Å². The maximum Gasteiger partial charge on any atom is 0.000771 e. The number of rotatable bonds is 7. The van der Waals surface area contributed by atoms with Crippen molar-refractivity contribution in [1.82, 2.24) is 5.32 Å². The van der Waals surface area contributed by atoms with Crippen LogP contribution in [0.15, 0.2) is 0 Å². The molecule has 88 valence electrons. The third-order valence-electron chi connectivity index (χ3n) is 4.89. The van der Waals surface area contributed by atoms with Crippen molar-refractivity contribution in [2.75, 3.05) is 19.6 Å². The van der Waals surface area contributed by atoms with Gasteiger partial charge in [0.15, 0.2) is 0 Å². The first-order chi connectivity index (χ1) is 7.24. The Hall–Kier alpha value is -0.0800. The fourth-order valence-electron chi connectivity index (χ4n) is 2.77. The summed E-state index contributed by atoms with van der Waals surface area (Å²) in [5.74, 6) is 0. The van der Waals surface area contributed by atoms with Crippen LogP contribution in [0.1, 0.15) is 51.9 Å². The molecule has 2 heteroatoms. The Morgan fingerprint density at radius 3 is 2.27 bits per heavy atom. The molecular weight excluding hydrogens is 184 g/mol. The largest absolute Gasteiger partial charge is 0.330 e. The molecule has 0 aromatic carbocycles. The molecule has 2 fully saturated rings. The van der Waals surface area contributed by atoms with Gasteiger partial charge in [0.25, 0.3) is 0 Å². The molecule has 2 nitrogen and oxygen atoms in total. The lowest BCUT2D eigenvalue weighted by atomic mass is 9.67. The van der Waals surface area contributed by atoms with Gasteiger partial charge in [-0.05, 0) is 62.4 Å². The molecule has 2 rings (SSSR count). The number of hydrogen-bond donors (Lipinski definition) is 2. The minimum absolute atomic E-state index is 0.524. The lowest BCUT2D eigenvalue weighted by molar-refractivity contribution is 0.129. The Bertz CT molecular complexity index is 199. The quantitative estimate of drug-likeness (QED) is 0.633. The zero-order valence-corrected chi connectivity index (χ0v) is 10.1. The van der Waals surface area contributed by atoms with Crippen molar-refractivity contribution in [1.29, 1.82) is 0 Å². The summed E-state index contributed by atoms with van der Waals surface area (Å²) < 4.78 is 0. The van der Waals surface area contributed by atoms with Crippen molar-refractivity contribution < 1.29 is 0 Å². The van der Waals surface area contributed by atoms with Gasteiger partial charge in [0.1, 0.15) is 0 Å². The predicted molar refractivity (Wildman–Crippen MR) is 64.8 cm³/mol. The topological polar surface area (TPSA) is 38.0 Å². The Morgan fingerprint density at radius 1 is 1.13 bits per heavy atom. The van der Waals surface area contributed by atoms with Crippen LogP contribution in [-0.4, -0.2) is 19.6 Å². The second kappa shape index (κ2) is 4.42. The van der Waals surface area contributed by atoms with Gasteiger partial charge in [-0.2, -0.15) is 0 Å². The normalized spacial score (nSPS) is 26.0. The molecule has 0 atom stereocenters. The summed E-state index contributed by atoms with van der Waals surface area (Å²) in [5, 5.41) is 3.64. The highest BCUT2D eigenvalue weighted by molar-refractivity contribution is 4.94. The highest BCUT2D eigenvalue weighted by Crippen LogP contribution is 2.48. The van der Waals surface area contributed by atoms with Crippen LogP contribution >= 0.6 is 0 Å². The zero-order chi connectivity index (χ0) is 10.8. The van der Waals surface area contributed by atoms with E-state index in [2.05, 4.69) is 12.2 Å². The van der Waals surface area contributed by atoms with Crippen molar-refractivity contribution in [3.63, 3.8) is 0 Å². The molecule has 0 radical (unpaired) electrons. The Labute approximate surface area is 94.0 Å². The molecule has 2 aliphatic rings. The average molecular weight is 210 g/mol. The lowest BCUT2D eigenvalue weighted by Gasteiger charge is -2.41. The highest BCUT2D eigenvalue weighted by Gasteiger charge is 2.40. The fourth-order valence-corrected chi connectivity index (χ4v) is 2.77. The molecular formula is C13H26N2. The number of nitrogens with one attached hydrogen (secondary N) is 1. The first-order valence-corrected chi connectivity index (χ1v) is 6.65. The van der Waals surface area contributed by atoms with E-state index in [0.29, 0.717) is 10.8 Å². The predicted octanol–water partition coefficient (Wildman–Crippen LogP) is 2.29. The van der Waals surface area contributed by atoms with Crippen molar-refractivity contribution in [3.05, 3.63) is 0 Å². The van der Waals surface area contributed by atoms with E-state index in [1.54, 1.807) is 0 Å². The SMILES string of the molecule is CCC1(CNCCC2(CN)CCC2)CC1. The minimum Gasteiger partial charge on any atom is -0.330 e. The van der Waals surface area contributed by atoms with Crippen LogP contribution in [0, 0.1) is 10.8 Å². The molecule has 3 N–H and O–H groups in total. The molecule has 2 saturated carbocycles. The summed E-state index contributed by atoms with van der Waals surface area (Å²) >= 11 is 0. The van der Waals surface area contributed by atoms with Gasteiger partial charge in [-0.25, -0.2) is 0 Å². The maximum atomic E-state index is 5.85. The summed E-state index contributed by atoms with van der Waals surface area (Å²) in [7, 11) is 0. The van der Waals surface area contributed by atoms with Gasteiger partial charge >= 0.3 is 0 Å². The third kappa shape index (κ3) is 2.54. The van der Waals surface area contributed by atoms with Crippen molar-refractivity contribution in [2.24, 2.45) is 16.6 Å². The van der Waals surface area contributed by atoms with E-state index in [1.165, 1.54) is 58.0 Å². The molecule has 0 heterocycles. The van der Waals surface area contributed by atoms with Crippen LogP contribution in [-0.2, 0) is 0 Å². The summed E-state index contributed by atoms with van der Waals surface area (Å²) in [6, 6.07) is 0. The second-order valence-corrected chi connectivity index (χ2v) is 5.84. The standard InChI is InChI=1S/C13H26N2/c1-2-12(6-7-12)11-15-9-8-13(10-14)4-3-5-13/h15H,2-11,14H2,1H3. The highest BCUT2D eigenvalue weighted by atomic mass is 14.9. The van der Waals surface area contributed by atoms with Crippen molar-refractivity contribution in [3.8, 4) is 0 Å². The molecule has 2 aliphatic carbocycles. The van der Waals surface area contributed by atoms with Crippen LogP contribution < -0.4 is 11.1 Å². The van der Waals surface area contributed by atoms with Gasteiger partial charge in [-0.1, -0.05) is 13.3 Å².